The van der Waals surface area contributed by atoms with Crippen molar-refractivity contribution < 1.29 is 19.1 Å². The molecule has 1 N–H and O–H groups in total. The molecule has 37 heavy (non-hydrogen) atoms. The molecule has 1 aromatic heterocycles. The third-order valence-electron chi connectivity index (χ3n) is 8.86. The first-order valence-electron chi connectivity index (χ1n) is 13.7. The Balaban J connectivity index is 1.28. The molecule has 5 nitrogen and oxygen atoms in total. The van der Waals surface area contributed by atoms with E-state index in [0.29, 0.717) is 21.1 Å². The van der Waals surface area contributed by atoms with Crippen LogP contribution in [0, 0.1) is 23.7 Å². The first-order chi connectivity index (χ1) is 18.0. The highest BCUT2D eigenvalue weighted by Crippen LogP contribution is 2.56. The first-order valence-corrected chi connectivity index (χ1v) is 14.9. The van der Waals surface area contributed by atoms with Gasteiger partial charge in [0.1, 0.15) is 21.6 Å². The summed E-state index contributed by atoms with van der Waals surface area (Å²) in [6, 6.07) is 10.2. The minimum absolute atomic E-state index is 0.0537. The second-order valence-corrected chi connectivity index (χ2v) is 12.9. The Hall–Kier alpha value is -2.09. The van der Waals surface area contributed by atoms with Crippen molar-refractivity contribution in [2.24, 2.45) is 23.7 Å². The van der Waals surface area contributed by atoms with E-state index in [0.717, 1.165) is 65.9 Å². The second kappa shape index (κ2) is 10.6. The van der Waals surface area contributed by atoms with Gasteiger partial charge in [-0.3, -0.25) is 9.69 Å². The van der Waals surface area contributed by atoms with Gasteiger partial charge in [-0.25, -0.2) is 0 Å². The summed E-state index contributed by atoms with van der Waals surface area (Å²) in [7, 11) is 1.66. The van der Waals surface area contributed by atoms with Gasteiger partial charge in [0.05, 0.1) is 12.0 Å². The number of aliphatic hydroxyl groups excluding tert-OH is 1. The molecule has 5 aliphatic rings. The lowest BCUT2D eigenvalue weighted by Gasteiger charge is -2.56. The van der Waals surface area contributed by atoms with Gasteiger partial charge in [-0.1, -0.05) is 42.5 Å². The molecule has 4 bridgehead atoms. The number of rotatable bonds is 9. The third-order valence-corrected chi connectivity index (χ3v) is 10.2. The molecule has 1 aliphatic heterocycles. The minimum Gasteiger partial charge on any atom is -0.497 e. The number of unbranched alkanes of at least 4 members (excludes halogenated alkanes) is 2. The van der Waals surface area contributed by atoms with E-state index in [2.05, 4.69) is 6.07 Å². The number of hydrogen-bond donors (Lipinski definition) is 1. The Labute approximate surface area is 228 Å². The largest absolute Gasteiger partial charge is 0.497 e. The summed E-state index contributed by atoms with van der Waals surface area (Å²) in [6.45, 7) is 0.209. The number of thiocarbonyl (C=S) groups is 1. The second-order valence-electron chi connectivity index (χ2n) is 11.2. The molecule has 0 radical (unpaired) electrons. The van der Waals surface area contributed by atoms with Crippen LogP contribution in [-0.2, 0) is 11.2 Å². The average molecular weight is 538 g/mol. The predicted molar refractivity (Wildman–Crippen MR) is 151 cm³/mol. The number of ether oxygens (including phenoxy) is 1. The van der Waals surface area contributed by atoms with Crippen LogP contribution < -0.4 is 4.74 Å². The van der Waals surface area contributed by atoms with Crippen molar-refractivity contribution in [3.05, 3.63) is 46.6 Å². The van der Waals surface area contributed by atoms with E-state index in [9.17, 15) is 9.90 Å². The lowest BCUT2D eigenvalue weighted by Crippen LogP contribution is -2.57. The zero-order valence-electron chi connectivity index (χ0n) is 21.4. The molecule has 7 heteroatoms. The molecule has 0 spiro atoms. The van der Waals surface area contributed by atoms with Crippen molar-refractivity contribution in [2.45, 2.75) is 63.8 Å². The van der Waals surface area contributed by atoms with Crippen LogP contribution in [0.25, 0.3) is 17.4 Å². The number of thioether (sulfide) groups is 1. The van der Waals surface area contributed by atoms with Crippen molar-refractivity contribution in [3.63, 3.8) is 0 Å². The highest BCUT2D eigenvalue weighted by Gasteiger charge is 2.53. The van der Waals surface area contributed by atoms with Gasteiger partial charge < -0.3 is 14.3 Å². The van der Waals surface area contributed by atoms with E-state index in [4.69, 9.17) is 21.4 Å². The van der Waals surface area contributed by atoms with Gasteiger partial charge in [-0.2, -0.15) is 0 Å². The fourth-order valence-corrected chi connectivity index (χ4v) is 8.77. The monoisotopic (exact) mass is 537 g/mol. The fraction of sp³-hybridized carbons (Fsp3) is 0.533. The maximum absolute atomic E-state index is 13.8. The van der Waals surface area contributed by atoms with E-state index in [1.54, 1.807) is 7.11 Å². The number of amides is 1. The molecule has 1 saturated heterocycles. The van der Waals surface area contributed by atoms with Crippen LogP contribution >= 0.6 is 24.0 Å². The number of benzene rings is 1. The molecule has 4 saturated carbocycles. The number of hydrogen-bond acceptors (Lipinski definition) is 6. The van der Waals surface area contributed by atoms with Crippen LogP contribution in [0.5, 0.6) is 5.75 Å². The zero-order valence-corrected chi connectivity index (χ0v) is 23.0. The Morgan fingerprint density at radius 1 is 1.11 bits per heavy atom. The molecule has 1 amide bonds. The lowest BCUT2D eigenvalue weighted by atomic mass is 9.54. The number of carbonyl (C=O) groups excluding carboxylic acids is 1. The van der Waals surface area contributed by atoms with Gasteiger partial charge in [0.2, 0.25) is 0 Å². The molecule has 4 aliphatic carbocycles. The maximum Gasteiger partial charge on any atom is 0.266 e. The molecular formula is C30H35NO4S2. The van der Waals surface area contributed by atoms with Gasteiger partial charge in [0.25, 0.3) is 5.91 Å². The van der Waals surface area contributed by atoms with Crippen molar-refractivity contribution in [3.8, 4) is 17.1 Å². The Bertz CT molecular complexity index is 1190. The highest BCUT2D eigenvalue weighted by molar-refractivity contribution is 8.26. The minimum atomic E-state index is 0.0537. The number of methoxy groups -OCH3 is 1. The summed E-state index contributed by atoms with van der Waals surface area (Å²) >= 11 is 7.24. The van der Waals surface area contributed by atoms with E-state index >= 15 is 0 Å². The van der Waals surface area contributed by atoms with E-state index in [-0.39, 0.29) is 18.6 Å². The number of furan rings is 1. The molecule has 1 aromatic carbocycles. The lowest BCUT2D eigenvalue weighted by molar-refractivity contribution is -0.130. The highest BCUT2D eigenvalue weighted by atomic mass is 32.2. The Morgan fingerprint density at radius 3 is 2.57 bits per heavy atom. The number of carbonyl (C=O) groups is 1. The summed E-state index contributed by atoms with van der Waals surface area (Å²) in [5.41, 5.74) is 2.02. The summed E-state index contributed by atoms with van der Waals surface area (Å²) in [5, 5.41) is 9.18. The quantitative estimate of drug-likeness (QED) is 0.219. The molecule has 5 fully saturated rings. The predicted octanol–water partition coefficient (Wildman–Crippen LogP) is 6.69. The van der Waals surface area contributed by atoms with Crippen LogP contribution in [0.1, 0.15) is 62.7 Å². The molecule has 196 valence electrons. The zero-order chi connectivity index (χ0) is 25.5. The maximum atomic E-state index is 13.8. The molecule has 0 unspecified atom stereocenters. The van der Waals surface area contributed by atoms with Crippen LogP contribution in [-0.4, -0.2) is 40.0 Å². The molecule has 7 rings (SSSR count). The summed E-state index contributed by atoms with van der Waals surface area (Å²) in [6.07, 6.45) is 11.9. The third kappa shape index (κ3) is 4.90. The SMILES string of the molecule is COc1cccc(-c2cc(CCCCCO)c(/C=C3\SC(=S)N(C4C5CC6CC(C5)CC4C6)C3=O)o2)c1. The van der Waals surface area contributed by atoms with Crippen molar-refractivity contribution in [2.75, 3.05) is 13.7 Å². The average Bonchev–Trinajstić information content (AvgIpc) is 3.42. The van der Waals surface area contributed by atoms with Crippen LogP contribution in [0.2, 0.25) is 0 Å². The van der Waals surface area contributed by atoms with E-state index in [1.165, 1.54) is 43.9 Å². The van der Waals surface area contributed by atoms with Crippen molar-refractivity contribution in [1.82, 2.24) is 4.90 Å². The number of nitrogens with zero attached hydrogens (tertiary/aromatic N) is 1. The topological polar surface area (TPSA) is 62.9 Å². The van der Waals surface area contributed by atoms with Crippen molar-refractivity contribution >= 4 is 40.3 Å². The standard InChI is InChI=1S/C30H35NO4S2/c1-34-24-8-5-7-20(15-24)25-16-21(6-3-2-4-9-32)26(35-25)17-27-29(33)31(30(36)37-27)28-22-11-18-10-19(13-22)14-23(28)12-18/h5,7-8,15-19,22-23,28,32H,2-4,6,9-14H2,1H3/b27-17-. The van der Waals surface area contributed by atoms with Crippen LogP contribution in [0.3, 0.4) is 0 Å². The first kappa shape index (κ1) is 25.2. The van der Waals surface area contributed by atoms with E-state index < -0.39 is 0 Å². The molecule has 2 aromatic rings. The van der Waals surface area contributed by atoms with Gasteiger partial charge in [-0.05, 0) is 98.8 Å². The van der Waals surface area contributed by atoms with E-state index in [1.807, 2.05) is 35.2 Å². The summed E-state index contributed by atoms with van der Waals surface area (Å²) < 4.78 is 12.5. The smallest absolute Gasteiger partial charge is 0.266 e. The normalized spacial score (nSPS) is 29.6. The van der Waals surface area contributed by atoms with Gasteiger partial charge >= 0.3 is 0 Å². The summed E-state index contributed by atoms with van der Waals surface area (Å²) in [5.74, 6) is 5.24. The molecular weight excluding hydrogens is 502 g/mol. The van der Waals surface area contributed by atoms with Crippen LogP contribution in [0.4, 0.5) is 0 Å². The molecule has 2 heterocycles. The van der Waals surface area contributed by atoms with Crippen molar-refractivity contribution in [1.29, 1.82) is 0 Å². The van der Waals surface area contributed by atoms with Gasteiger partial charge in [0, 0.05) is 24.3 Å². The number of aryl methyl sites for hydroxylation is 1. The Kier molecular flexibility index (Phi) is 7.21. The van der Waals surface area contributed by atoms with Gasteiger partial charge in [-0.15, -0.1) is 0 Å². The summed E-state index contributed by atoms with van der Waals surface area (Å²) in [4.78, 5) is 16.4. The molecule has 0 atom stereocenters. The van der Waals surface area contributed by atoms with Crippen LogP contribution in [0.15, 0.2) is 39.7 Å². The Morgan fingerprint density at radius 2 is 1.86 bits per heavy atom. The van der Waals surface area contributed by atoms with Gasteiger partial charge in [0.15, 0.2) is 0 Å². The number of aliphatic hydroxyl groups is 1. The fourth-order valence-electron chi connectivity index (χ4n) is 7.46.